The number of carboxylic acid groups (broad SMARTS) is 1. The third kappa shape index (κ3) is 7.40. The number of H-pyrrole nitrogens is 1. The number of ketones is 1. The number of rotatable bonds is 7. The highest BCUT2D eigenvalue weighted by atomic mass is 19.4. The maximum Gasteiger partial charge on any atom is 0.490 e. The lowest BCUT2D eigenvalue weighted by atomic mass is 9.91. The molecule has 0 radical (unpaired) electrons. The van der Waals surface area contributed by atoms with Crippen LogP contribution in [0.4, 0.5) is 17.6 Å². The maximum absolute atomic E-state index is 14.7. The number of aromatic nitrogens is 2. The molecule has 3 aromatic rings. The Morgan fingerprint density at radius 2 is 1.79 bits per heavy atom. The molecule has 1 atom stereocenters. The molecule has 1 saturated heterocycles. The summed E-state index contributed by atoms with van der Waals surface area (Å²) >= 11 is 0. The average molecular weight is 588 g/mol. The molecule has 13 heteroatoms. The van der Waals surface area contributed by atoms with E-state index in [1.54, 1.807) is 18.2 Å². The lowest BCUT2D eigenvalue weighted by molar-refractivity contribution is -0.192. The number of Topliss-reactive ketones (excluding diaryl/α,β-unsaturated/α-hetero) is 1. The molecule has 3 heterocycles. The van der Waals surface area contributed by atoms with Gasteiger partial charge in [-0.15, -0.1) is 5.12 Å². The monoisotopic (exact) mass is 587 g/mol. The summed E-state index contributed by atoms with van der Waals surface area (Å²) in [6.45, 7) is 3.06. The molecule has 222 valence electrons. The fourth-order valence-corrected chi connectivity index (χ4v) is 4.75. The van der Waals surface area contributed by atoms with Crippen LogP contribution in [0.2, 0.25) is 0 Å². The van der Waals surface area contributed by atoms with Crippen molar-refractivity contribution in [3.05, 3.63) is 111 Å². The second kappa shape index (κ2) is 13.0. The van der Waals surface area contributed by atoms with Crippen LogP contribution in [-0.2, 0) is 24.1 Å². The number of carbonyl (C=O) groups is 2. The average Bonchev–Trinajstić information content (AvgIpc) is 3.36. The van der Waals surface area contributed by atoms with E-state index in [1.807, 2.05) is 36.4 Å². The number of alkyl halides is 3. The Morgan fingerprint density at radius 1 is 1.07 bits per heavy atom. The molecule has 0 spiro atoms. The molecule has 0 saturated carbocycles. The first kappa shape index (κ1) is 30.4. The number of halogens is 4. The van der Waals surface area contributed by atoms with Gasteiger partial charge in [0.25, 0.3) is 5.56 Å². The highest BCUT2D eigenvalue weighted by Crippen LogP contribution is 2.28. The van der Waals surface area contributed by atoms with Gasteiger partial charge in [0, 0.05) is 43.6 Å². The van der Waals surface area contributed by atoms with Crippen molar-refractivity contribution in [3.63, 3.8) is 0 Å². The number of nitrogens with zero attached hydrogens (tertiary/aromatic N) is 3. The van der Waals surface area contributed by atoms with Crippen LogP contribution in [0.3, 0.4) is 0 Å². The molecular weight excluding hydrogens is 558 g/mol. The number of carboxylic acids is 1. The van der Waals surface area contributed by atoms with Gasteiger partial charge in [-0.1, -0.05) is 43.3 Å². The molecule has 1 unspecified atom stereocenters. The van der Waals surface area contributed by atoms with E-state index in [0.29, 0.717) is 43.6 Å². The van der Waals surface area contributed by atoms with Crippen molar-refractivity contribution < 1.29 is 32.3 Å². The molecule has 0 aliphatic carbocycles. The van der Waals surface area contributed by atoms with E-state index in [4.69, 9.17) is 9.90 Å². The molecule has 2 aliphatic rings. The van der Waals surface area contributed by atoms with Crippen LogP contribution in [0.5, 0.6) is 0 Å². The highest BCUT2D eigenvalue weighted by Gasteiger charge is 2.38. The summed E-state index contributed by atoms with van der Waals surface area (Å²) in [5.41, 5.74) is 7.64. The van der Waals surface area contributed by atoms with Crippen molar-refractivity contribution in [2.45, 2.75) is 38.8 Å². The van der Waals surface area contributed by atoms with Gasteiger partial charge in [-0.05, 0) is 42.2 Å². The first-order valence-electron chi connectivity index (χ1n) is 13.2. The number of aliphatic carboxylic acids is 1. The lowest BCUT2D eigenvalue weighted by Gasteiger charge is -2.39. The quantitative estimate of drug-likeness (QED) is 0.280. The molecule has 0 amide bonds. The summed E-state index contributed by atoms with van der Waals surface area (Å²) in [4.78, 5) is 34.0. The van der Waals surface area contributed by atoms with Crippen LogP contribution in [0.1, 0.15) is 46.1 Å². The van der Waals surface area contributed by atoms with Crippen LogP contribution in [0, 0.1) is 11.7 Å². The normalized spacial score (nSPS) is 16.5. The van der Waals surface area contributed by atoms with Gasteiger partial charge in [-0.2, -0.15) is 18.3 Å². The van der Waals surface area contributed by atoms with Crippen molar-refractivity contribution in [2.24, 2.45) is 5.92 Å². The van der Waals surface area contributed by atoms with E-state index in [2.05, 4.69) is 32.8 Å². The molecule has 1 fully saturated rings. The van der Waals surface area contributed by atoms with Crippen molar-refractivity contribution in [3.8, 4) is 0 Å². The van der Waals surface area contributed by atoms with Crippen molar-refractivity contribution in [2.75, 3.05) is 13.1 Å². The second-order valence-electron chi connectivity index (χ2n) is 9.84. The molecule has 0 bridgehead atoms. The minimum Gasteiger partial charge on any atom is -0.475 e. The van der Waals surface area contributed by atoms with E-state index in [9.17, 15) is 27.2 Å². The second-order valence-corrected chi connectivity index (χ2v) is 9.84. The number of hydrogen-bond acceptors (Lipinski definition) is 7. The SMILES string of the molecule is CCc1cc(Cc2ccc(F)c(C(=O)C3CCN4C(Cc5ccccc5)=CNN4C3)c2)n[nH]c1=O.O=C(O)C(F)(F)F. The maximum atomic E-state index is 14.7. The van der Waals surface area contributed by atoms with Gasteiger partial charge in [0.1, 0.15) is 5.82 Å². The van der Waals surface area contributed by atoms with Crippen LogP contribution < -0.4 is 11.0 Å². The fourth-order valence-electron chi connectivity index (χ4n) is 4.75. The number of aromatic amines is 1. The number of hydrogen-bond donors (Lipinski definition) is 3. The Morgan fingerprint density at radius 3 is 2.45 bits per heavy atom. The molecule has 2 aliphatic heterocycles. The largest absolute Gasteiger partial charge is 0.490 e. The predicted octanol–water partition coefficient (Wildman–Crippen LogP) is 4.02. The number of benzene rings is 2. The standard InChI is InChI=1S/C27H28FN5O2.C2HF3O2/c1-2-20-15-22(30-31-27(20)35)12-19-8-9-25(28)24(14-19)26(34)21-10-11-32-23(16-29-33(32)17-21)13-18-6-4-3-5-7-18;3-2(4,5)1(6)7/h3-9,14-16,21,29H,2,10-13,17H2,1H3,(H,31,35);(H,6,7). The van der Waals surface area contributed by atoms with E-state index in [-0.39, 0.29) is 22.8 Å². The Balaban J connectivity index is 0.000000517. The smallest absolute Gasteiger partial charge is 0.475 e. The van der Waals surface area contributed by atoms with Gasteiger partial charge in [0.05, 0.1) is 17.0 Å². The third-order valence-corrected chi connectivity index (χ3v) is 6.92. The van der Waals surface area contributed by atoms with Crippen LogP contribution >= 0.6 is 0 Å². The van der Waals surface area contributed by atoms with Gasteiger partial charge < -0.3 is 10.5 Å². The Labute approximate surface area is 238 Å². The Kier molecular flexibility index (Phi) is 9.41. The Hall–Kier alpha value is -4.52. The number of aryl methyl sites for hydroxylation is 1. The number of nitrogens with one attached hydrogen (secondary N) is 2. The van der Waals surface area contributed by atoms with Crippen molar-refractivity contribution in [1.82, 2.24) is 25.7 Å². The van der Waals surface area contributed by atoms with Gasteiger partial charge in [-0.3, -0.25) is 14.6 Å². The van der Waals surface area contributed by atoms with Gasteiger partial charge in [-0.25, -0.2) is 14.3 Å². The number of fused-ring (bicyclic) bond motifs is 1. The molecule has 3 N–H and O–H groups in total. The first-order chi connectivity index (χ1) is 20.0. The first-order valence-corrected chi connectivity index (χ1v) is 13.2. The summed E-state index contributed by atoms with van der Waals surface area (Å²) < 4.78 is 46.5. The molecule has 42 heavy (non-hydrogen) atoms. The highest BCUT2D eigenvalue weighted by molar-refractivity contribution is 5.98. The minimum absolute atomic E-state index is 0.109. The lowest BCUT2D eigenvalue weighted by Crippen LogP contribution is -2.52. The number of hydrazine groups is 2. The van der Waals surface area contributed by atoms with E-state index >= 15 is 0 Å². The molecule has 5 rings (SSSR count). The van der Waals surface area contributed by atoms with Crippen LogP contribution in [-0.4, -0.2) is 56.4 Å². The van der Waals surface area contributed by atoms with Crippen molar-refractivity contribution >= 4 is 11.8 Å². The summed E-state index contributed by atoms with van der Waals surface area (Å²) in [7, 11) is 0. The molecule has 2 aromatic carbocycles. The zero-order valence-electron chi connectivity index (χ0n) is 22.6. The summed E-state index contributed by atoms with van der Waals surface area (Å²) in [6, 6.07) is 16.6. The number of carbonyl (C=O) groups excluding carboxylic acids is 1. The van der Waals surface area contributed by atoms with E-state index < -0.39 is 18.0 Å². The molecule has 9 nitrogen and oxygen atoms in total. The van der Waals surface area contributed by atoms with Crippen LogP contribution in [0.15, 0.2) is 71.3 Å². The summed E-state index contributed by atoms with van der Waals surface area (Å²) in [5.74, 6) is -3.77. The minimum atomic E-state index is -5.08. The van der Waals surface area contributed by atoms with Gasteiger partial charge in [0.15, 0.2) is 5.78 Å². The number of allylic oxidation sites excluding steroid dienone is 1. The predicted molar refractivity (Wildman–Crippen MR) is 144 cm³/mol. The van der Waals surface area contributed by atoms with Gasteiger partial charge in [0.2, 0.25) is 0 Å². The van der Waals surface area contributed by atoms with Crippen molar-refractivity contribution in [1.29, 1.82) is 0 Å². The van der Waals surface area contributed by atoms with Gasteiger partial charge >= 0.3 is 12.1 Å². The Bertz CT molecular complexity index is 1520. The van der Waals surface area contributed by atoms with E-state index in [0.717, 1.165) is 17.7 Å². The zero-order chi connectivity index (χ0) is 30.4. The van der Waals surface area contributed by atoms with E-state index in [1.165, 1.54) is 11.6 Å². The zero-order valence-corrected chi connectivity index (χ0v) is 22.6. The fraction of sp³-hybridized carbons (Fsp3) is 0.310. The third-order valence-electron chi connectivity index (χ3n) is 6.92. The topological polar surface area (TPSA) is 119 Å². The summed E-state index contributed by atoms with van der Waals surface area (Å²) in [5, 5.41) is 17.8. The molecule has 1 aromatic heterocycles. The summed E-state index contributed by atoms with van der Waals surface area (Å²) in [6.07, 6.45) is -0.651. The van der Waals surface area contributed by atoms with Crippen LogP contribution in [0.25, 0.3) is 0 Å². The molecular formula is C29H29F4N5O4.